The summed E-state index contributed by atoms with van der Waals surface area (Å²) in [5, 5.41) is 3.42. The Kier molecular flexibility index (Phi) is 10.2. The van der Waals surface area contributed by atoms with Crippen LogP contribution in [0, 0.1) is 0 Å². The third-order valence-corrected chi connectivity index (χ3v) is 6.36. The van der Waals surface area contributed by atoms with Gasteiger partial charge in [0.25, 0.3) is 0 Å². The lowest BCUT2D eigenvalue weighted by Crippen LogP contribution is -2.41. The van der Waals surface area contributed by atoms with Crippen LogP contribution < -0.4 is 5.32 Å². The third kappa shape index (κ3) is 6.62. The van der Waals surface area contributed by atoms with Gasteiger partial charge < -0.3 is 19.5 Å². The monoisotopic (exact) mass is 544 g/mol. The number of nitrogens with zero attached hydrogens (tertiary/aromatic N) is 3. The largest absolute Gasteiger partial charge is 0.381 e. The van der Waals surface area contributed by atoms with E-state index >= 15 is 0 Å². The minimum atomic E-state index is 0. The lowest BCUT2D eigenvalue weighted by Gasteiger charge is -2.34. The van der Waals surface area contributed by atoms with Crippen LogP contribution in [-0.2, 0) is 18.3 Å². The molecule has 2 rings (SSSR count). The van der Waals surface area contributed by atoms with E-state index < -0.39 is 0 Å². The quantitative estimate of drug-likeness (QED) is 0.337. The summed E-state index contributed by atoms with van der Waals surface area (Å²) in [6.07, 6.45) is 6.42. The first-order valence-corrected chi connectivity index (χ1v) is 10.4. The van der Waals surface area contributed by atoms with Crippen molar-refractivity contribution in [1.82, 2.24) is 14.8 Å². The molecule has 1 aliphatic heterocycles. The lowest BCUT2D eigenvalue weighted by molar-refractivity contribution is 0.0793. The fourth-order valence-corrected chi connectivity index (χ4v) is 4.24. The maximum absolute atomic E-state index is 5.53. The first-order valence-electron chi connectivity index (χ1n) is 8.43. The summed E-state index contributed by atoms with van der Waals surface area (Å²) >= 11 is 5.47. The van der Waals surface area contributed by atoms with Crippen molar-refractivity contribution in [2.24, 2.45) is 12.0 Å². The van der Waals surface area contributed by atoms with Crippen LogP contribution in [0.4, 0.5) is 0 Å². The first kappa shape index (κ1) is 23.1. The highest BCUT2D eigenvalue weighted by atomic mass is 127. The van der Waals surface area contributed by atoms with Crippen molar-refractivity contribution in [1.29, 1.82) is 0 Å². The van der Waals surface area contributed by atoms with Crippen molar-refractivity contribution in [3.8, 4) is 0 Å². The van der Waals surface area contributed by atoms with Gasteiger partial charge in [0.05, 0.1) is 13.1 Å². The molecule has 1 aliphatic rings. The molecule has 0 amide bonds. The molecule has 0 bridgehead atoms. The number of aromatic nitrogens is 1. The Morgan fingerprint density at radius 3 is 2.68 bits per heavy atom. The third-order valence-electron chi connectivity index (χ3n) is 4.52. The van der Waals surface area contributed by atoms with Crippen LogP contribution >= 0.6 is 51.7 Å². The van der Waals surface area contributed by atoms with E-state index in [1.807, 2.05) is 11.8 Å². The summed E-state index contributed by atoms with van der Waals surface area (Å²) in [5.74, 6) is 0.967. The van der Waals surface area contributed by atoms with Crippen LogP contribution in [0.15, 0.2) is 21.7 Å². The molecule has 0 aromatic carbocycles. The average molecular weight is 545 g/mol. The number of thioether (sulfide) groups is 1. The van der Waals surface area contributed by atoms with Gasteiger partial charge in [0, 0.05) is 55.0 Å². The Balaban J connectivity index is 0.00000312. The molecule has 25 heavy (non-hydrogen) atoms. The summed E-state index contributed by atoms with van der Waals surface area (Å²) < 4.78 is 9.00. The highest BCUT2D eigenvalue weighted by Crippen LogP contribution is 2.34. The zero-order valence-electron chi connectivity index (χ0n) is 15.5. The normalized spacial score (nSPS) is 17.1. The molecule has 0 saturated carbocycles. The van der Waals surface area contributed by atoms with Crippen LogP contribution in [0.3, 0.4) is 0 Å². The SMILES string of the molecule is CCNC(=NCC1(SC)CCOCC1)N(C)Cc1cc(Br)cn1C.I. The Labute approximate surface area is 181 Å². The van der Waals surface area contributed by atoms with Crippen LogP contribution in [0.25, 0.3) is 0 Å². The number of hydrogen-bond acceptors (Lipinski definition) is 3. The average Bonchev–Trinajstić information content (AvgIpc) is 2.89. The molecule has 2 heterocycles. The van der Waals surface area contributed by atoms with Crippen molar-refractivity contribution in [2.45, 2.75) is 31.1 Å². The van der Waals surface area contributed by atoms with Gasteiger partial charge in [0.2, 0.25) is 0 Å². The zero-order valence-corrected chi connectivity index (χ0v) is 20.3. The first-order chi connectivity index (χ1) is 11.5. The standard InChI is InChI=1S/C17H29BrN4OS.HI/c1-5-19-16(20-13-17(24-4)6-8-23-9-7-17)22(3)12-15-10-14(18)11-21(15)2;/h10-11H,5-9,12-13H2,1-4H3,(H,19,20);1H. The second-order valence-electron chi connectivity index (χ2n) is 6.29. The van der Waals surface area contributed by atoms with Crippen molar-refractivity contribution >= 4 is 57.6 Å². The van der Waals surface area contributed by atoms with Crippen LogP contribution in [0.1, 0.15) is 25.5 Å². The fourth-order valence-electron chi connectivity index (χ4n) is 2.90. The van der Waals surface area contributed by atoms with Gasteiger partial charge in [-0.1, -0.05) is 0 Å². The Hall–Kier alpha value is 0.0700. The van der Waals surface area contributed by atoms with E-state index in [4.69, 9.17) is 9.73 Å². The Bertz CT molecular complexity index is 561. The summed E-state index contributed by atoms with van der Waals surface area (Å²) in [6.45, 7) is 6.33. The Morgan fingerprint density at radius 2 is 2.16 bits per heavy atom. The van der Waals surface area contributed by atoms with Gasteiger partial charge in [0.1, 0.15) is 0 Å². The van der Waals surface area contributed by atoms with Crippen molar-refractivity contribution in [2.75, 3.05) is 39.6 Å². The molecule has 8 heteroatoms. The lowest BCUT2D eigenvalue weighted by atomic mass is 9.99. The van der Waals surface area contributed by atoms with Crippen LogP contribution in [0.5, 0.6) is 0 Å². The summed E-state index contributed by atoms with van der Waals surface area (Å²) in [7, 11) is 4.17. The number of hydrogen-bond donors (Lipinski definition) is 1. The van der Waals surface area contributed by atoms with E-state index in [1.165, 1.54) is 5.69 Å². The molecule has 1 aromatic heterocycles. The molecule has 5 nitrogen and oxygen atoms in total. The maximum Gasteiger partial charge on any atom is 0.194 e. The minimum absolute atomic E-state index is 0. The molecule has 1 fully saturated rings. The minimum Gasteiger partial charge on any atom is -0.381 e. The maximum atomic E-state index is 5.53. The van der Waals surface area contributed by atoms with Crippen molar-refractivity contribution < 1.29 is 4.74 Å². The topological polar surface area (TPSA) is 41.8 Å². The fraction of sp³-hybridized carbons (Fsp3) is 0.706. The van der Waals surface area contributed by atoms with Gasteiger partial charge in [-0.15, -0.1) is 24.0 Å². The number of rotatable bonds is 6. The molecular weight excluding hydrogens is 515 g/mol. The van der Waals surface area contributed by atoms with E-state index in [0.717, 1.165) is 56.1 Å². The number of nitrogens with one attached hydrogen (secondary N) is 1. The highest BCUT2D eigenvalue weighted by molar-refractivity contribution is 14.0. The van der Waals surface area contributed by atoms with E-state index in [9.17, 15) is 0 Å². The molecule has 1 N–H and O–H groups in total. The molecule has 0 aliphatic carbocycles. The van der Waals surface area contributed by atoms with Gasteiger partial charge in [-0.05, 0) is 48.0 Å². The molecule has 0 radical (unpaired) electrons. The van der Waals surface area contributed by atoms with E-state index in [2.05, 4.69) is 70.3 Å². The summed E-state index contributed by atoms with van der Waals surface area (Å²) in [6, 6.07) is 2.15. The second kappa shape index (κ2) is 11.0. The second-order valence-corrected chi connectivity index (χ2v) is 8.48. The predicted octanol–water partition coefficient (Wildman–Crippen LogP) is 3.72. The van der Waals surface area contributed by atoms with Gasteiger partial charge in [-0.3, -0.25) is 4.99 Å². The zero-order chi connectivity index (χ0) is 17.6. The number of halogens is 2. The van der Waals surface area contributed by atoms with Crippen LogP contribution in [0.2, 0.25) is 0 Å². The number of aryl methyl sites for hydroxylation is 1. The van der Waals surface area contributed by atoms with E-state index in [-0.39, 0.29) is 28.7 Å². The molecule has 0 unspecified atom stereocenters. The predicted molar refractivity (Wildman–Crippen MR) is 122 cm³/mol. The van der Waals surface area contributed by atoms with E-state index in [0.29, 0.717) is 0 Å². The summed E-state index contributed by atoms with van der Waals surface area (Å²) in [5.41, 5.74) is 1.25. The molecule has 1 saturated heterocycles. The van der Waals surface area contributed by atoms with Gasteiger partial charge in [-0.25, -0.2) is 0 Å². The molecule has 1 aromatic rings. The highest BCUT2D eigenvalue weighted by Gasteiger charge is 2.31. The molecular formula is C17H30BrIN4OS. The smallest absolute Gasteiger partial charge is 0.194 e. The van der Waals surface area contributed by atoms with Gasteiger partial charge in [-0.2, -0.15) is 11.8 Å². The Morgan fingerprint density at radius 1 is 1.48 bits per heavy atom. The molecule has 144 valence electrons. The van der Waals surface area contributed by atoms with Crippen molar-refractivity contribution in [3.05, 3.63) is 22.4 Å². The number of aliphatic imine (C=N–C) groups is 1. The number of ether oxygens (including phenoxy) is 1. The van der Waals surface area contributed by atoms with Crippen LogP contribution in [-0.4, -0.2) is 59.8 Å². The van der Waals surface area contributed by atoms with Gasteiger partial charge >= 0.3 is 0 Å². The molecule has 0 spiro atoms. The van der Waals surface area contributed by atoms with Gasteiger partial charge in [0.15, 0.2) is 5.96 Å². The summed E-state index contributed by atoms with van der Waals surface area (Å²) in [4.78, 5) is 7.14. The van der Waals surface area contributed by atoms with E-state index in [1.54, 1.807) is 0 Å². The molecule has 0 atom stereocenters. The van der Waals surface area contributed by atoms with Crippen molar-refractivity contribution in [3.63, 3.8) is 0 Å². The number of guanidine groups is 1.